The van der Waals surface area contributed by atoms with Gasteiger partial charge in [0.1, 0.15) is 0 Å². The molecule has 0 bridgehead atoms. The van der Waals surface area contributed by atoms with Crippen LogP contribution in [0.4, 0.5) is 4.79 Å². The zero-order chi connectivity index (χ0) is 9.68. The second-order valence-corrected chi connectivity index (χ2v) is 2.21. The molecule has 0 aromatic carbocycles. The van der Waals surface area contributed by atoms with Crippen molar-refractivity contribution < 1.29 is 14.7 Å². The minimum Gasteiger partial charge on any atom is -0.448 e. The molecule has 0 spiro atoms. The highest BCUT2D eigenvalue weighted by molar-refractivity contribution is 5.68. The number of hydrogen-bond donors (Lipinski definition) is 1. The van der Waals surface area contributed by atoms with Crippen molar-refractivity contribution in [3.8, 4) is 0 Å². The molecule has 1 aromatic rings. The van der Waals surface area contributed by atoms with E-state index >= 15 is 0 Å². The van der Waals surface area contributed by atoms with Crippen LogP contribution in [0.15, 0.2) is 29.4 Å². The second-order valence-electron chi connectivity index (χ2n) is 2.21. The van der Waals surface area contributed by atoms with Gasteiger partial charge in [0.05, 0.1) is 6.61 Å². The lowest BCUT2D eigenvalue weighted by molar-refractivity contribution is 0.153. The minimum absolute atomic E-state index is 0.140. The van der Waals surface area contributed by atoms with Gasteiger partial charge in [-0.05, 0) is 19.1 Å². The van der Waals surface area contributed by atoms with E-state index < -0.39 is 6.09 Å². The third kappa shape index (κ3) is 2.62. The standard InChI is InChI=1S/C8H10N2O3/c1-2-13-8(11)9-7-5-3-4-6-10(7)12/h3-6,12H,2H2,1H3/b9-7-. The Morgan fingerprint density at radius 3 is 3.08 bits per heavy atom. The fourth-order valence-electron chi connectivity index (χ4n) is 0.763. The van der Waals surface area contributed by atoms with E-state index in [2.05, 4.69) is 9.73 Å². The number of nitrogens with zero attached hydrogens (tertiary/aromatic N) is 2. The molecule has 1 aromatic heterocycles. The van der Waals surface area contributed by atoms with Crippen molar-refractivity contribution >= 4 is 6.09 Å². The quantitative estimate of drug-likeness (QED) is 0.653. The van der Waals surface area contributed by atoms with E-state index in [1.807, 2.05) is 0 Å². The average molecular weight is 182 g/mol. The number of carbonyl (C=O) groups excluding carboxylic acids is 1. The molecule has 0 aliphatic heterocycles. The summed E-state index contributed by atoms with van der Waals surface area (Å²) in [5.41, 5.74) is 0.140. The molecule has 1 heterocycles. The Morgan fingerprint density at radius 2 is 2.46 bits per heavy atom. The summed E-state index contributed by atoms with van der Waals surface area (Å²) in [5.74, 6) is 0. The monoisotopic (exact) mass is 182 g/mol. The van der Waals surface area contributed by atoms with Crippen LogP contribution in [-0.2, 0) is 4.74 Å². The average Bonchev–Trinajstić information content (AvgIpc) is 2.09. The first kappa shape index (κ1) is 9.31. The summed E-state index contributed by atoms with van der Waals surface area (Å²) in [5, 5.41) is 9.14. The van der Waals surface area contributed by atoms with Gasteiger partial charge in [-0.3, -0.25) is 0 Å². The molecule has 0 saturated heterocycles. The van der Waals surface area contributed by atoms with Crippen LogP contribution in [-0.4, -0.2) is 22.6 Å². The maximum Gasteiger partial charge on any atom is 0.435 e. The van der Waals surface area contributed by atoms with Gasteiger partial charge >= 0.3 is 6.09 Å². The Hall–Kier alpha value is -1.78. The molecule has 1 amide bonds. The molecule has 5 heteroatoms. The molecular formula is C8H10N2O3. The summed E-state index contributed by atoms with van der Waals surface area (Å²) in [6.07, 6.45) is 0.662. The maximum atomic E-state index is 10.9. The van der Waals surface area contributed by atoms with E-state index in [9.17, 15) is 4.79 Å². The van der Waals surface area contributed by atoms with Crippen LogP contribution >= 0.6 is 0 Å². The van der Waals surface area contributed by atoms with Crippen molar-refractivity contribution in [2.24, 2.45) is 4.99 Å². The molecular weight excluding hydrogens is 172 g/mol. The number of pyridine rings is 1. The topological polar surface area (TPSA) is 63.8 Å². The normalized spacial score (nSPS) is 11.3. The summed E-state index contributed by atoms with van der Waals surface area (Å²) in [6.45, 7) is 1.95. The van der Waals surface area contributed by atoms with Crippen LogP contribution in [0.2, 0.25) is 0 Å². The Labute approximate surface area is 74.9 Å². The fraction of sp³-hybridized carbons (Fsp3) is 0.250. The number of rotatable bonds is 1. The molecule has 70 valence electrons. The molecule has 13 heavy (non-hydrogen) atoms. The van der Waals surface area contributed by atoms with Crippen molar-refractivity contribution in [2.75, 3.05) is 6.61 Å². The summed E-state index contributed by atoms with van der Waals surface area (Å²) in [6, 6.07) is 4.77. The van der Waals surface area contributed by atoms with Gasteiger partial charge in [0.2, 0.25) is 0 Å². The Kier molecular flexibility index (Phi) is 3.08. The van der Waals surface area contributed by atoms with E-state index in [4.69, 9.17) is 5.21 Å². The van der Waals surface area contributed by atoms with E-state index in [1.165, 1.54) is 12.3 Å². The molecule has 1 rings (SSSR count). The maximum absolute atomic E-state index is 10.9. The minimum atomic E-state index is -0.712. The summed E-state index contributed by atoms with van der Waals surface area (Å²) >= 11 is 0. The zero-order valence-corrected chi connectivity index (χ0v) is 7.17. The smallest absolute Gasteiger partial charge is 0.435 e. The van der Waals surface area contributed by atoms with Crippen LogP contribution in [0, 0.1) is 0 Å². The molecule has 5 nitrogen and oxygen atoms in total. The van der Waals surface area contributed by atoms with Gasteiger partial charge in [-0.25, -0.2) is 4.79 Å². The summed E-state index contributed by atoms with van der Waals surface area (Å²) in [7, 11) is 0. The highest BCUT2D eigenvalue weighted by Crippen LogP contribution is 1.82. The molecule has 0 radical (unpaired) electrons. The molecule has 1 N–H and O–H groups in total. The van der Waals surface area contributed by atoms with Gasteiger partial charge in [-0.2, -0.15) is 9.72 Å². The van der Waals surface area contributed by atoms with Crippen LogP contribution in [0.1, 0.15) is 6.92 Å². The van der Waals surface area contributed by atoms with Gasteiger partial charge in [0.25, 0.3) is 0 Å². The first-order chi connectivity index (χ1) is 6.24. The summed E-state index contributed by atoms with van der Waals surface area (Å²) in [4.78, 5) is 14.4. The van der Waals surface area contributed by atoms with Gasteiger partial charge in [0, 0.05) is 6.20 Å². The molecule has 0 fully saturated rings. The zero-order valence-electron chi connectivity index (χ0n) is 7.17. The lowest BCUT2D eigenvalue weighted by atomic mass is 10.5. The summed E-state index contributed by atoms with van der Waals surface area (Å²) < 4.78 is 5.32. The largest absolute Gasteiger partial charge is 0.448 e. The van der Waals surface area contributed by atoms with E-state index in [0.29, 0.717) is 0 Å². The Morgan fingerprint density at radius 1 is 1.69 bits per heavy atom. The number of carbonyl (C=O) groups is 1. The van der Waals surface area contributed by atoms with Crippen LogP contribution in [0.3, 0.4) is 0 Å². The molecule has 0 atom stereocenters. The van der Waals surface area contributed by atoms with Crippen molar-refractivity contribution in [3.05, 3.63) is 29.9 Å². The van der Waals surface area contributed by atoms with Gasteiger partial charge in [-0.1, -0.05) is 6.07 Å². The highest BCUT2D eigenvalue weighted by Gasteiger charge is 1.96. The lowest BCUT2D eigenvalue weighted by Gasteiger charge is -1.96. The SMILES string of the molecule is CCOC(=O)/N=c1/ccccn1O. The second kappa shape index (κ2) is 4.30. The predicted molar refractivity (Wildman–Crippen MR) is 44.2 cm³/mol. The van der Waals surface area contributed by atoms with Crippen molar-refractivity contribution in [3.63, 3.8) is 0 Å². The fourth-order valence-corrected chi connectivity index (χ4v) is 0.763. The van der Waals surface area contributed by atoms with Crippen LogP contribution in [0.25, 0.3) is 0 Å². The van der Waals surface area contributed by atoms with Gasteiger partial charge in [-0.15, -0.1) is 0 Å². The first-order valence-electron chi connectivity index (χ1n) is 3.82. The predicted octanol–water partition coefficient (Wildman–Crippen LogP) is 0.783. The molecule has 0 aliphatic rings. The van der Waals surface area contributed by atoms with E-state index in [1.54, 1.807) is 19.1 Å². The van der Waals surface area contributed by atoms with E-state index in [-0.39, 0.29) is 12.1 Å². The van der Waals surface area contributed by atoms with Gasteiger partial charge in [0.15, 0.2) is 5.49 Å². The number of aromatic nitrogens is 1. The third-order valence-corrected chi connectivity index (χ3v) is 1.29. The van der Waals surface area contributed by atoms with Gasteiger partial charge < -0.3 is 9.94 Å². The molecule has 0 aliphatic carbocycles. The van der Waals surface area contributed by atoms with Crippen molar-refractivity contribution in [1.82, 2.24) is 4.73 Å². The highest BCUT2D eigenvalue weighted by atomic mass is 16.5. The van der Waals surface area contributed by atoms with Crippen molar-refractivity contribution in [1.29, 1.82) is 0 Å². The Balaban J connectivity index is 2.94. The third-order valence-electron chi connectivity index (χ3n) is 1.29. The molecule has 0 unspecified atom stereocenters. The van der Waals surface area contributed by atoms with Crippen LogP contribution < -0.4 is 5.49 Å². The lowest BCUT2D eigenvalue weighted by Crippen LogP contribution is -2.19. The number of ether oxygens (including phenoxy) is 1. The number of hydrogen-bond acceptors (Lipinski definition) is 3. The van der Waals surface area contributed by atoms with Crippen molar-refractivity contribution in [2.45, 2.75) is 6.92 Å². The molecule has 0 saturated carbocycles. The number of amides is 1. The first-order valence-corrected chi connectivity index (χ1v) is 3.82. The Bertz CT molecular complexity index is 356. The van der Waals surface area contributed by atoms with E-state index in [0.717, 1.165) is 4.73 Å². The van der Waals surface area contributed by atoms with Crippen LogP contribution in [0.5, 0.6) is 0 Å².